The van der Waals surface area contributed by atoms with Gasteiger partial charge in [0.1, 0.15) is 0 Å². The van der Waals surface area contributed by atoms with E-state index in [0.717, 1.165) is 12.6 Å². The number of hydrogen-bond acceptors (Lipinski definition) is 2. The van der Waals surface area contributed by atoms with Crippen molar-refractivity contribution in [2.45, 2.75) is 70.6 Å². The molecule has 0 amide bonds. The summed E-state index contributed by atoms with van der Waals surface area (Å²) in [6.45, 7) is 5.58. The van der Waals surface area contributed by atoms with Crippen LogP contribution in [0.3, 0.4) is 0 Å². The highest BCUT2D eigenvalue weighted by Gasteiger charge is 2.27. The summed E-state index contributed by atoms with van der Waals surface area (Å²) >= 11 is 0. The molecule has 3 atom stereocenters. The molecule has 1 saturated heterocycles. The fourth-order valence-electron chi connectivity index (χ4n) is 3.44. The molecule has 1 aliphatic heterocycles. The average molecular weight is 287 g/mol. The third-order valence-corrected chi connectivity index (χ3v) is 4.96. The summed E-state index contributed by atoms with van der Waals surface area (Å²) in [6.07, 6.45) is 8.55. The maximum Gasteiger partial charge on any atom is 0.0583 e. The Balaban J connectivity index is 1.59. The first kappa shape index (κ1) is 15.1. The van der Waals surface area contributed by atoms with E-state index in [1.165, 1.54) is 49.7 Å². The van der Waals surface area contributed by atoms with Crippen LogP contribution in [-0.4, -0.2) is 24.8 Å². The van der Waals surface area contributed by atoms with E-state index in [-0.39, 0.29) is 0 Å². The van der Waals surface area contributed by atoms with Crippen LogP contribution in [0.5, 0.6) is 0 Å². The van der Waals surface area contributed by atoms with Gasteiger partial charge in [0.05, 0.1) is 12.2 Å². The molecule has 1 aromatic rings. The van der Waals surface area contributed by atoms with Crippen molar-refractivity contribution in [2.75, 3.05) is 6.54 Å². The highest BCUT2D eigenvalue weighted by Crippen LogP contribution is 2.27. The molecule has 3 rings (SSSR count). The molecular formula is C19H29NO. The predicted molar refractivity (Wildman–Crippen MR) is 87.6 cm³/mol. The number of ether oxygens (including phenoxy) is 1. The van der Waals surface area contributed by atoms with E-state index in [1.807, 2.05) is 0 Å². The van der Waals surface area contributed by atoms with E-state index < -0.39 is 0 Å². The SMILES string of the molecule is Cc1ccccc1CC(CNC1CC1)CC1CCC(C)O1. The Labute approximate surface area is 129 Å². The molecule has 1 heterocycles. The van der Waals surface area contributed by atoms with Gasteiger partial charge in [0.2, 0.25) is 0 Å². The van der Waals surface area contributed by atoms with Crippen molar-refractivity contribution in [1.82, 2.24) is 5.32 Å². The molecule has 1 aliphatic carbocycles. The van der Waals surface area contributed by atoms with Gasteiger partial charge in [-0.3, -0.25) is 0 Å². The molecular weight excluding hydrogens is 258 g/mol. The molecule has 3 unspecified atom stereocenters. The summed E-state index contributed by atoms with van der Waals surface area (Å²) in [5.41, 5.74) is 2.93. The van der Waals surface area contributed by atoms with E-state index in [9.17, 15) is 0 Å². The van der Waals surface area contributed by atoms with Gasteiger partial charge in [-0.2, -0.15) is 0 Å². The van der Waals surface area contributed by atoms with Gasteiger partial charge < -0.3 is 10.1 Å². The van der Waals surface area contributed by atoms with Crippen LogP contribution in [0.4, 0.5) is 0 Å². The molecule has 2 fully saturated rings. The summed E-state index contributed by atoms with van der Waals surface area (Å²) in [7, 11) is 0. The summed E-state index contributed by atoms with van der Waals surface area (Å²) in [4.78, 5) is 0. The molecule has 1 N–H and O–H groups in total. The summed E-state index contributed by atoms with van der Waals surface area (Å²) < 4.78 is 6.05. The van der Waals surface area contributed by atoms with Gasteiger partial charge in [0.25, 0.3) is 0 Å². The van der Waals surface area contributed by atoms with Gasteiger partial charge in [-0.25, -0.2) is 0 Å². The second kappa shape index (κ2) is 6.93. The van der Waals surface area contributed by atoms with Crippen LogP contribution in [0.15, 0.2) is 24.3 Å². The Morgan fingerprint density at radius 2 is 2.00 bits per heavy atom. The number of benzene rings is 1. The Bertz CT molecular complexity index is 455. The second-order valence-electron chi connectivity index (χ2n) is 7.06. The molecule has 0 bridgehead atoms. The lowest BCUT2D eigenvalue weighted by Gasteiger charge is -2.22. The molecule has 0 spiro atoms. The monoisotopic (exact) mass is 287 g/mol. The molecule has 21 heavy (non-hydrogen) atoms. The molecule has 1 aromatic carbocycles. The standard InChI is InChI=1S/C19H29NO/c1-14-5-3-4-6-17(14)11-16(13-20-18-8-9-18)12-19-10-7-15(2)21-19/h3-6,15-16,18-20H,7-13H2,1-2H3. The minimum atomic E-state index is 0.463. The molecule has 1 saturated carbocycles. The number of nitrogens with one attached hydrogen (secondary N) is 1. The van der Waals surface area contributed by atoms with Gasteiger partial charge in [-0.05, 0) is 76.0 Å². The zero-order chi connectivity index (χ0) is 14.7. The Kier molecular flexibility index (Phi) is 4.97. The lowest BCUT2D eigenvalue weighted by molar-refractivity contribution is 0.0407. The van der Waals surface area contributed by atoms with Gasteiger partial charge in [0.15, 0.2) is 0 Å². The van der Waals surface area contributed by atoms with Crippen LogP contribution in [0.25, 0.3) is 0 Å². The van der Waals surface area contributed by atoms with Crippen LogP contribution in [-0.2, 0) is 11.2 Å². The average Bonchev–Trinajstić information content (AvgIpc) is 3.21. The molecule has 116 valence electrons. The molecule has 0 radical (unpaired) electrons. The summed E-state index contributed by atoms with van der Waals surface area (Å²) in [5, 5.41) is 3.73. The van der Waals surface area contributed by atoms with E-state index >= 15 is 0 Å². The number of hydrogen-bond donors (Lipinski definition) is 1. The minimum Gasteiger partial charge on any atom is -0.375 e. The molecule has 0 aromatic heterocycles. The molecule has 2 heteroatoms. The molecule has 2 aliphatic rings. The zero-order valence-corrected chi connectivity index (χ0v) is 13.5. The van der Waals surface area contributed by atoms with Crippen molar-refractivity contribution < 1.29 is 4.74 Å². The van der Waals surface area contributed by atoms with Crippen LogP contribution in [0, 0.1) is 12.8 Å². The van der Waals surface area contributed by atoms with Crippen molar-refractivity contribution in [3.05, 3.63) is 35.4 Å². The maximum absolute atomic E-state index is 6.05. The highest BCUT2D eigenvalue weighted by molar-refractivity contribution is 5.26. The van der Waals surface area contributed by atoms with E-state index in [2.05, 4.69) is 43.4 Å². The first-order chi connectivity index (χ1) is 10.2. The lowest BCUT2D eigenvalue weighted by Crippen LogP contribution is -2.29. The van der Waals surface area contributed by atoms with Crippen molar-refractivity contribution in [3.8, 4) is 0 Å². The van der Waals surface area contributed by atoms with Crippen molar-refractivity contribution >= 4 is 0 Å². The lowest BCUT2D eigenvalue weighted by atomic mass is 9.91. The van der Waals surface area contributed by atoms with Gasteiger partial charge >= 0.3 is 0 Å². The first-order valence-corrected chi connectivity index (χ1v) is 8.64. The van der Waals surface area contributed by atoms with E-state index in [4.69, 9.17) is 4.74 Å². The Morgan fingerprint density at radius 3 is 2.67 bits per heavy atom. The highest BCUT2D eigenvalue weighted by atomic mass is 16.5. The first-order valence-electron chi connectivity index (χ1n) is 8.64. The maximum atomic E-state index is 6.05. The van der Waals surface area contributed by atoms with Gasteiger partial charge in [-0.15, -0.1) is 0 Å². The normalized spacial score (nSPS) is 27.0. The van der Waals surface area contributed by atoms with Crippen molar-refractivity contribution in [2.24, 2.45) is 5.92 Å². The fourth-order valence-corrected chi connectivity index (χ4v) is 3.44. The van der Waals surface area contributed by atoms with Crippen LogP contribution in [0.2, 0.25) is 0 Å². The van der Waals surface area contributed by atoms with Gasteiger partial charge in [0, 0.05) is 6.04 Å². The molecule has 2 nitrogen and oxygen atoms in total. The van der Waals surface area contributed by atoms with E-state index in [0.29, 0.717) is 18.1 Å². The smallest absolute Gasteiger partial charge is 0.0583 e. The fraction of sp³-hybridized carbons (Fsp3) is 0.684. The third-order valence-electron chi connectivity index (χ3n) is 4.96. The Morgan fingerprint density at radius 1 is 1.19 bits per heavy atom. The summed E-state index contributed by atoms with van der Waals surface area (Å²) in [6, 6.07) is 9.62. The Hall–Kier alpha value is -0.860. The van der Waals surface area contributed by atoms with Gasteiger partial charge in [-0.1, -0.05) is 24.3 Å². The predicted octanol–water partition coefficient (Wildman–Crippen LogP) is 3.86. The quantitative estimate of drug-likeness (QED) is 0.822. The largest absolute Gasteiger partial charge is 0.375 e. The van der Waals surface area contributed by atoms with Crippen LogP contribution in [0.1, 0.15) is 50.2 Å². The van der Waals surface area contributed by atoms with Crippen molar-refractivity contribution in [1.29, 1.82) is 0 Å². The second-order valence-corrected chi connectivity index (χ2v) is 7.06. The zero-order valence-electron chi connectivity index (χ0n) is 13.5. The number of rotatable bonds is 7. The van der Waals surface area contributed by atoms with Crippen molar-refractivity contribution in [3.63, 3.8) is 0 Å². The van der Waals surface area contributed by atoms with Crippen LogP contribution < -0.4 is 5.32 Å². The number of aryl methyl sites for hydroxylation is 1. The van der Waals surface area contributed by atoms with E-state index in [1.54, 1.807) is 0 Å². The minimum absolute atomic E-state index is 0.463. The summed E-state index contributed by atoms with van der Waals surface area (Å²) in [5.74, 6) is 0.696. The third kappa shape index (κ3) is 4.55. The topological polar surface area (TPSA) is 21.3 Å². The van der Waals surface area contributed by atoms with Crippen LogP contribution >= 0.6 is 0 Å².